The van der Waals surface area contributed by atoms with Crippen LogP contribution in [0.3, 0.4) is 0 Å². The first-order chi connectivity index (χ1) is 8.08. The number of carbonyl (C=O) groups is 1. The van der Waals surface area contributed by atoms with Crippen molar-refractivity contribution in [3.8, 4) is 0 Å². The Balaban J connectivity index is 6.12. The van der Waals surface area contributed by atoms with Gasteiger partial charge in [0.2, 0.25) is 0 Å². The molecular weight excluding hydrogens is 297 g/mol. The molecular formula is C16H32GeO2. The van der Waals surface area contributed by atoms with Gasteiger partial charge >= 0.3 is 122 Å². The second-order valence-electron chi connectivity index (χ2n) is 8.60. The first kappa shape index (κ1) is 18.8. The van der Waals surface area contributed by atoms with Gasteiger partial charge in [-0.25, -0.2) is 0 Å². The Kier molecular flexibility index (Phi) is 5.20. The molecule has 0 rings (SSSR count). The van der Waals surface area contributed by atoms with E-state index in [0.29, 0.717) is 5.57 Å². The van der Waals surface area contributed by atoms with Crippen LogP contribution in [0, 0.1) is 0 Å². The van der Waals surface area contributed by atoms with Crippen molar-refractivity contribution in [2.75, 3.05) is 0 Å². The molecule has 19 heavy (non-hydrogen) atoms. The summed E-state index contributed by atoms with van der Waals surface area (Å²) < 4.78 is 6.25. The molecule has 0 fully saturated rings. The Morgan fingerprint density at radius 1 is 0.842 bits per heavy atom. The third-order valence-electron chi connectivity index (χ3n) is 3.76. The van der Waals surface area contributed by atoms with Crippen LogP contribution in [0.15, 0.2) is 12.2 Å². The number of carbonyl (C=O) groups excluding carboxylic acids is 1. The van der Waals surface area contributed by atoms with Gasteiger partial charge in [0.15, 0.2) is 0 Å². The topological polar surface area (TPSA) is 26.3 Å². The van der Waals surface area contributed by atoms with Gasteiger partial charge in [-0.1, -0.05) is 0 Å². The molecule has 0 saturated carbocycles. The van der Waals surface area contributed by atoms with Crippen LogP contribution in [0.1, 0.15) is 69.2 Å². The molecule has 112 valence electrons. The van der Waals surface area contributed by atoms with Crippen LogP contribution in [-0.4, -0.2) is 19.6 Å². The molecule has 0 bridgehead atoms. The predicted octanol–water partition coefficient (Wildman–Crippen LogP) is 5.45. The van der Waals surface area contributed by atoms with Crippen LogP contribution in [0.5, 0.6) is 0 Å². The van der Waals surface area contributed by atoms with E-state index >= 15 is 0 Å². The van der Waals surface area contributed by atoms with E-state index in [1.807, 2.05) is 0 Å². The zero-order valence-electron chi connectivity index (χ0n) is 14.5. The second-order valence-corrected chi connectivity index (χ2v) is 21.3. The fourth-order valence-electron chi connectivity index (χ4n) is 4.06. The predicted molar refractivity (Wildman–Crippen MR) is 85.8 cm³/mol. The molecule has 3 heteroatoms. The van der Waals surface area contributed by atoms with Crippen molar-refractivity contribution in [2.45, 2.75) is 82.0 Å². The van der Waals surface area contributed by atoms with E-state index in [1.165, 1.54) is 0 Å². The molecule has 0 spiro atoms. The molecule has 2 nitrogen and oxygen atoms in total. The molecule has 0 N–H and O–H groups in total. The van der Waals surface area contributed by atoms with Crippen molar-refractivity contribution in [3.63, 3.8) is 0 Å². The van der Waals surface area contributed by atoms with Crippen LogP contribution in [0.25, 0.3) is 0 Å². The van der Waals surface area contributed by atoms with Crippen molar-refractivity contribution < 1.29 is 8.56 Å². The molecule has 0 radical (unpaired) electrons. The van der Waals surface area contributed by atoms with Crippen molar-refractivity contribution >= 4 is 19.6 Å². The summed E-state index contributed by atoms with van der Waals surface area (Å²) in [4.78, 5) is 12.2. The van der Waals surface area contributed by atoms with E-state index in [4.69, 9.17) is 3.76 Å². The standard InChI is InChI=1S/C16H32GeO2/c1-12(2)13(18)19-17(14(3,4)5,15(6,7)8)16(9,10)11/h1H2,2-11H3. The third kappa shape index (κ3) is 3.45. The van der Waals surface area contributed by atoms with Crippen LogP contribution >= 0.6 is 0 Å². The Bertz CT molecular complexity index is 326. The summed E-state index contributed by atoms with van der Waals surface area (Å²) in [5, 5.41) is 0. The summed E-state index contributed by atoms with van der Waals surface area (Å²) in [6.45, 7) is 25.4. The van der Waals surface area contributed by atoms with E-state index < -0.39 is 13.6 Å². The van der Waals surface area contributed by atoms with Crippen molar-refractivity contribution in [3.05, 3.63) is 12.2 Å². The zero-order valence-corrected chi connectivity index (χ0v) is 16.6. The van der Waals surface area contributed by atoms with Crippen LogP contribution < -0.4 is 0 Å². The van der Waals surface area contributed by atoms with Crippen molar-refractivity contribution in [2.24, 2.45) is 0 Å². The van der Waals surface area contributed by atoms with Gasteiger partial charge in [-0.3, -0.25) is 0 Å². The molecule has 0 aromatic rings. The molecule has 0 aromatic heterocycles. The Morgan fingerprint density at radius 3 is 1.26 bits per heavy atom. The Labute approximate surface area is 122 Å². The summed E-state index contributed by atoms with van der Waals surface area (Å²) in [6, 6.07) is 0. The van der Waals surface area contributed by atoms with E-state index in [1.54, 1.807) is 6.92 Å². The van der Waals surface area contributed by atoms with E-state index in [9.17, 15) is 4.79 Å². The summed E-state index contributed by atoms with van der Waals surface area (Å²) in [7, 11) is 0. The molecule has 0 aliphatic carbocycles. The van der Waals surface area contributed by atoms with Gasteiger partial charge in [0.1, 0.15) is 0 Å². The van der Waals surface area contributed by atoms with Crippen LogP contribution in [0.4, 0.5) is 0 Å². The Hall–Kier alpha value is -0.247. The SMILES string of the molecule is C=C(C)C(=O)[O][Ge]([C](C)(C)C)([C](C)(C)C)[C](C)(C)C. The monoisotopic (exact) mass is 330 g/mol. The van der Waals surface area contributed by atoms with E-state index in [2.05, 4.69) is 68.9 Å². The van der Waals surface area contributed by atoms with Gasteiger partial charge in [-0.15, -0.1) is 0 Å². The maximum atomic E-state index is 12.2. The number of hydrogen-bond donors (Lipinski definition) is 0. The summed E-state index contributed by atoms with van der Waals surface area (Å²) >= 11 is -3.08. The quantitative estimate of drug-likeness (QED) is 0.497. The zero-order chi connectivity index (χ0) is 15.9. The molecule has 0 amide bonds. The van der Waals surface area contributed by atoms with Gasteiger partial charge in [0.05, 0.1) is 0 Å². The molecule has 0 aliphatic heterocycles. The van der Waals surface area contributed by atoms with Gasteiger partial charge in [-0.2, -0.15) is 0 Å². The maximum absolute atomic E-state index is 12.2. The minimum absolute atomic E-state index is 0.00160. The van der Waals surface area contributed by atoms with E-state index in [-0.39, 0.29) is 18.7 Å². The average molecular weight is 329 g/mol. The normalized spacial score (nSPS) is 14.2. The van der Waals surface area contributed by atoms with Gasteiger partial charge in [-0.05, 0) is 0 Å². The van der Waals surface area contributed by atoms with Crippen molar-refractivity contribution in [1.29, 1.82) is 0 Å². The van der Waals surface area contributed by atoms with Crippen LogP contribution in [0.2, 0.25) is 12.7 Å². The van der Waals surface area contributed by atoms with Gasteiger partial charge in [0.25, 0.3) is 0 Å². The summed E-state index contributed by atoms with van der Waals surface area (Å²) in [5.41, 5.74) is 0.493. The molecule has 0 saturated heterocycles. The number of hydrogen-bond acceptors (Lipinski definition) is 2. The molecule has 0 atom stereocenters. The van der Waals surface area contributed by atoms with Crippen LogP contribution in [-0.2, 0) is 8.56 Å². The first-order valence-corrected chi connectivity index (χ1v) is 11.0. The molecule has 0 aliphatic rings. The second kappa shape index (κ2) is 5.27. The average Bonchev–Trinajstić information content (AvgIpc) is 2.06. The van der Waals surface area contributed by atoms with E-state index in [0.717, 1.165) is 0 Å². The minimum atomic E-state index is -3.08. The number of rotatable bonds is 2. The first-order valence-electron chi connectivity index (χ1n) is 6.97. The molecule has 0 heterocycles. The Morgan fingerprint density at radius 2 is 1.11 bits per heavy atom. The van der Waals surface area contributed by atoms with Gasteiger partial charge < -0.3 is 0 Å². The summed E-state index contributed by atoms with van der Waals surface area (Å²) in [6.07, 6.45) is 0. The molecule has 0 aromatic carbocycles. The fourth-order valence-corrected chi connectivity index (χ4v) is 21.1. The van der Waals surface area contributed by atoms with Gasteiger partial charge in [0, 0.05) is 0 Å². The van der Waals surface area contributed by atoms with Crippen molar-refractivity contribution in [1.82, 2.24) is 0 Å². The third-order valence-corrected chi connectivity index (χ3v) is 18.1. The molecule has 0 unspecified atom stereocenters. The summed E-state index contributed by atoms with van der Waals surface area (Å²) in [5.74, 6) is -0.222. The fraction of sp³-hybridized carbons (Fsp3) is 0.812.